The van der Waals surface area contributed by atoms with Gasteiger partial charge in [0.1, 0.15) is 12.2 Å². The van der Waals surface area contributed by atoms with Crippen molar-refractivity contribution in [1.82, 2.24) is 0 Å². The minimum Gasteiger partial charge on any atom is -0.479 e. The average Bonchev–Trinajstić information content (AvgIpc) is 2.84. The van der Waals surface area contributed by atoms with Crippen LogP contribution < -0.4 is 4.90 Å². The maximum atomic E-state index is 13.6. The quantitative estimate of drug-likeness (QED) is 0.552. The molecule has 0 unspecified atom stereocenters. The smallest absolute Gasteiger partial charge is 0.344 e. The predicted molar refractivity (Wildman–Crippen MR) is 125 cm³/mol. The standard InChI is InChI=1S/C24H25Cl2NO6/c1-13(2)12-27-19-9-8-15(25)10-17(19)22(16-6-4-5-7-18(16)26)33-20(23(27)29)11-21(28)32-14(3)24(30)31/h4-10,13-14,20,22H,11-12H2,1-3H3,(H,30,31)/t14-,20-,22-/m1/s1. The summed E-state index contributed by atoms with van der Waals surface area (Å²) in [6.45, 7) is 5.56. The molecular weight excluding hydrogens is 469 g/mol. The molecule has 176 valence electrons. The lowest BCUT2D eigenvalue weighted by Gasteiger charge is -2.26. The number of hydrogen-bond donors (Lipinski definition) is 1. The van der Waals surface area contributed by atoms with Crippen LogP contribution in [0.3, 0.4) is 0 Å². The molecule has 1 N–H and O–H groups in total. The normalized spacial score (nSPS) is 19.1. The van der Waals surface area contributed by atoms with Crippen LogP contribution in [0, 0.1) is 5.92 Å². The number of halogens is 2. The lowest BCUT2D eigenvalue weighted by molar-refractivity contribution is -0.165. The second-order valence-electron chi connectivity index (χ2n) is 8.25. The zero-order chi connectivity index (χ0) is 24.3. The van der Waals surface area contributed by atoms with Crippen LogP contribution in [-0.2, 0) is 23.9 Å². The number of carboxylic acid groups (broad SMARTS) is 1. The van der Waals surface area contributed by atoms with Gasteiger partial charge < -0.3 is 19.5 Å². The third kappa shape index (κ3) is 5.85. The number of aliphatic carboxylic acids is 1. The number of fused-ring (bicyclic) bond motifs is 1. The summed E-state index contributed by atoms with van der Waals surface area (Å²) in [5.41, 5.74) is 1.86. The van der Waals surface area contributed by atoms with Crippen molar-refractivity contribution in [3.8, 4) is 0 Å². The Morgan fingerprint density at radius 3 is 2.45 bits per heavy atom. The van der Waals surface area contributed by atoms with E-state index in [1.807, 2.05) is 13.8 Å². The molecule has 0 radical (unpaired) electrons. The SMILES string of the molecule is CC(C)CN1C(=O)[C@@H](CC(=O)O[C@H](C)C(=O)O)O[C@H](c2ccccc2Cl)c2cc(Cl)ccc21. The molecule has 0 saturated heterocycles. The van der Waals surface area contributed by atoms with Gasteiger partial charge in [-0.25, -0.2) is 4.79 Å². The zero-order valence-corrected chi connectivity index (χ0v) is 20.0. The number of amides is 1. The summed E-state index contributed by atoms with van der Waals surface area (Å²) in [4.78, 5) is 38.7. The maximum Gasteiger partial charge on any atom is 0.344 e. The Bertz CT molecular complexity index is 1060. The van der Waals surface area contributed by atoms with Gasteiger partial charge in [0.15, 0.2) is 6.10 Å². The first-order valence-electron chi connectivity index (χ1n) is 10.5. The van der Waals surface area contributed by atoms with Gasteiger partial charge in [0.05, 0.1) is 6.42 Å². The molecule has 0 bridgehead atoms. The topological polar surface area (TPSA) is 93.1 Å². The molecule has 3 rings (SSSR count). The van der Waals surface area contributed by atoms with Crippen LogP contribution >= 0.6 is 23.2 Å². The number of hydrogen-bond acceptors (Lipinski definition) is 5. The molecule has 0 saturated carbocycles. The molecule has 0 fully saturated rings. The molecule has 33 heavy (non-hydrogen) atoms. The molecule has 1 amide bonds. The fraction of sp³-hybridized carbons (Fsp3) is 0.375. The Balaban J connectivity index is 2.08. The molecule has 0 spiro atoms. The molecule has 1 heterocycles. The number of esters is 1. The number of nitrogens with zero attached hydrogens (tertiary/aromatic N) is 1. The van der Waals surface area contributed by atoms with E-state index in [4.69, 9.17) is 37.8 Å². The number of rotatable bonds is 7. The number of carbonyl (C=O) groups is 3. The van der Waals surface area contributed by atoms with Gasteiger partial charge in [0.25, 0.3) is 5.91 Å². The first kappa shape index (κ1) is 25.0. The zero-order valence-electron chi connectivity index (χ0n) is 18.5. The van der Waals surface area contributed by atoms with E-state index in [-0.39, 0.29) is 5.92 Å². The average molecular weight is 494 g/mol. The number of carboxylic acids is 1. The van der Waals surface area contributed by atoms with Crippen LogP contribution in [0.1, 0.15) is 44.4 Å². The van der Waals surface area contributed by atoms with Crippen molar-refractivity contribution < 1.29 is 29.0 Å². The molecule has 7 nitrogen and oxygen atoms in total. The second-order valence-corrected chi connectivity index (χ2v) is 9.09. The molecule has 9 heteroatoms. The van der Waals surface area contributed by atoms with Crippen molar-refractivity contribution in [2.75, 3.05) is 11.4 Å². The minimum absolute atomic E-state index is 0.119. The molecule has 2 aromatic rings. The number of benzene rings is 2. The van der Waals surface area contributed by atoms with Crippen molar-refractivity contribution in [3.63, 3.8) is 0 Å². The van der Waals surface area contributed by atoms with Crippen molar-refractivity contribution in [2.45, 2.75) is 45.5 Å². The van der Waals surface area contributed by atoms with E-state index in [1.54, 1.807) is 47.4 Å². The Morgan fingerprint density at radius 2 is 1.82 bits per heavy atom. The van der Waals surface area contributed by atoms with Crippen molar-refractivity contribution in [3.05, 3.63) is 63.6 Å². The second kappa shape index (κ2) is 10.5. The lowest BCUT2D eigenvalue weighted by Crippen LogP contribution is -2.42. The summed E-state index contributed by atoms with van der Waals surface area (Å²) >= 11 is 12.8. The number of carbonyl (C=O) groups excluding carboxylic acids is 2. The highest BCUT2D eigenvalue weighted by Crippen LogP contribution is 2.42. The summed E-state index contributed by atoms with van der Waals surface area (Å²) in [7, 11) is 0. The molecule has 3 atom stereocenters. The summed E-state index contributed by atoms with van der Waals surface area (Å²) in [6.07, 6.45) is -3.80. The van der Waals surface area contributed by atoms with Crippen molar-refractivity contribution in [2.24, 2.45) is 5.92 Å². The predicted octanol–water partition coefficient (Wildman–Crippen LogP) is 4.88. The van der Waals surface area contributed by atoms with Gasteiger partial charge in [0.2, 0.25) is 0 Å². The first-order chi connectivity index (χ1) is 15.6. The van der Waals surface area contributed by atoms with E-state index in [2.05, 4.69) is 0 Å². The summed E-state index contributed by atoms with van der Waals surface area (Å²) < 4.78 is 11.2. The molecule has 0 aromatic heterocycles. The molecule has 1 aliphatic rings. The number of ether oxygens (including phenoxy) is 2. The van der Waals surface area contributed by atoms with Crippen LogP contribution in [0.5, 0.6) is 0 Å². The summed E-state index contributed by atoms with van der Waals surface area (Å²) in [5, 5.41) is 9.92. The van der Waals surface area contributed by atoms with Gasteiger partial charge in [-0.15, -0.1) is 0 Å². The molecule has 1 aliphatic heterocycles. The third-order valence-corrected chi connectivity index (χ3v) is 5.73. The molecular formula is C24H25Cl2NO6. The highest BCUT2D eigenvalue weighted by molar-refractivity contribution is 6.31. The van der Waals surface area contributed by atoms with Crippen molar-refractivity contribution in [1.29, 1.82) is 0 Å². The van der Waals surface area contributed by atoms with E-state index in [0.717, 1.165) is 0 Å². The van der Waals surface area contributed by atoms with Crippen LogP contribution in [0.15, 0.2) is 42.5 Å². The van der Waals surface area contributed by atoms with Crippen molar-refractivity contribution >= 4 is 46.7 Å². The largest absolute Gasteiger partial charge is 0.479 e. The maximum absolute atomic E-state index is 13.6. The van der Waals surface area contributed by atoms with E-state index >= 15 is 0 Å². The Kier molecular flexibility index (Phi) is 8.00. The van der Waals surface area contributed by atoms with Gasteiger partial charge in [-0.2, -0.15) is 0 Å². The fourth-order valence-corrected chi connectivity index (χ4v) is 4.05. The monoisotopic (exact) mass is 493 g/mol. The third-order valence-electron chi connectivity index (χ3n) is 5.15. The highest BCUT2D eigenvalue weighted by Gasteiger charge is 2.39. The van der Waals surface area contributed by atoms with Crippen LogP contribution in [0.2, 0.25) is 10.0 Å². The summed E-state index contributed by atoms with van der Waals surface area (Å²) in [5.74, 6) is -2.45. The minimum atomic E-state index is -1.35. The van der Waals surface area contributed by atoms with Gasteiger partial charge in [-0.3, -0.25) is 9.59 Å². The number of anilines is 1. The lowest BCUT2D eigenvalue weighted by atomic mass is 9.99. The molecule has 0 aliphatic carbocycles. The summed E-state index contributed by atoms with van der Waals surface area (Å²) in [6, 6.07) is 12.2. The van der Waals surface area contributed by atoms with Gasteiger partial charge >= 0.3 is 11.9 Å². The van der Waals surface area contributed by atoms with E-state index in [0.29, 0.717) is 33.4 Å². The van der Waals surface area contributed by atoms with Gasteiger partial charge in [-0.05, 0) is 37.1 Å². The van der Waals surface area contributed by atoms with Crippen LogP contribution in [0.25, 0.3) is 0 Å². The first-order valence-corrected chi connectivity index (χ1v) is 11.3. The Labute approximate surface area is 202 Å². The molecule has 2 aromatic carbocycles. The van der Waals surface area contributed by atoms with Crippen LogP contribution in [-0.4, -0.2) is 41.7 Å². The van der Waals surface area contributed by atoms with Gasteiger partial charge in [-0.1, -0.05) is 55.2 Å². The highest BCUT2D eigenvalue weighted by atomic mass is 35.5. The van der Waals surface area contributed by atoms with Gasteiger partial charge in [0, 0.05) is 33.4 Å². The van der Waals surface area contributed by atoms with E-state index in [9.17, 15) is 14.4 Å². The van der Waals surface area contributed by atoms with E-state index in [1.165, 1.54) is 6.92 Å². The van der Waals surface area contributed by atoms with E-state index < -0.39 is 42.6 Å². The fourth-order valence-electron chi connectivity index (χ4n) is 3.63. The Hall–Kier alpha value is -2.61. The Morgan fingerprint density at radius 1 is 1.12 bits per heavy atom. The van der Waals surface area contributed by atoms with Crippen LogP contribution in [0.4, 0.5) is 5.69 Å².